The van der Waals surface area contributed by atoms with Gasteiger partial charge in [0.1, 0.15) is 10.5 Å². The molecular formula is C11H28OSi2. The third-order valence-corrected chi connectivity index (χ3v) is 7.31. The minimum atomic E-state index is -0.690. The highest BCUT2D eigenvalue weighted by Crippen LogP contribution is 2.10. The maximum atomic E-state index is 5.49. The van der Waals surface area contributed by atoms with Crippen LogP contribution in [0.2, 0.25) is 12.6 Å². The lowest BCUT2D eigenvalue weighted by Crippen LogP contribution is -2.09. The van der Waals surface area contributed by atoms with Crippen molar-refractivity contribution in [3.63, 3.8) is 0 Å². The summed E-state index contributed by atoms with van der Waals surface area (Å²) in [4.78, 5) is 0. The van der Waals surface area contributed by atoms with Crippen molar-refractivity contribution in [3.8, 4) is 0 Å². The summed E-state index contributed by atoms with van der Waals surface area (Å²) in [5, 5.41) is 0. The third-order valence-electron chi connectivity index (χ3n) is 2.87. The molecule has 1 unspecified atom stereocenters. The van der Waals surface area contributed by atoms with E-state index in [9.17, 15) is 0 Å². The van der Waals surface area contributed by atoms with Gasteiger partial charge in [-0.05, 0) is 12.6 Å². The molecule has 0 aliphatic carbocycles. The van der Waals surface area contributed by atoms with Gasteiger partial charge in [-0.2, -0.15) is 0 Å². The van der Waals surface area contributed by atoms with Gasteiger partial charge in [0.2, 0.25) is 0 Å². The maximum absolute atomic E-state index is 5.49. The highest BCUT2D eigenvalue weighted by Gasteiger charge is 2.00. The average Bonchev–Trinajstić information content (AvgIpc) is 2.21. The molecule has 0 fully saturated rings. The van der Waals surface area contributed by atoms with Gasteiger partial charge in [-0.25, -0.2) is 0 Å². The van der Waals surface area contributed by atoms with Crippen LogP contribution in [0.15, 0.2) is 0 Å². The van der Waals surface area contributed by atoms with E-state index in [4.69, 9.17) is 4.12 Å². The van der Waals surface area contributed by atoms with Crippen LogP contribution in [0, 0.1) is 0 Å². The van der Waals surface area contributed by atoms with Crippen molar-refractivity contribution >= 4 is 19.5 Å². The van der Waals surface area contributed by atoms with E-state index in [0.717, 1.165) is 10.5 Å². The predicted molar refractivity (Wildman–Crippen MR) is 71.5 cm³/mol. The second-order valence-electron chi connectivity index (χ2n) is 4.31. The van der Waals surface area contributed by atoms with E-state index in [1.54, 1.807) is 0 Å². The van der Waals surface area contributed by atoms with E-state index in [-0.39, 0.29) is 0 Å². The lowest BCUT2D eigenvalue weighted by atomic mass is 10.1. The van der Waals surface area contributed by atoms with Crippen LogP contribution in [0.3, 0.4) is 0 Å². The maximum Gasteiger partial charge on any atom is 0.159 e. The van der Waals surface area contributed by atoms with E-state index in [1.165, 1.54) is 57.4 Å². The topological polar surface area (TPSA) is 9.23 Å². The molecule has 0 radical (unpaired) electrons. The average molecular weight is 233 g/mol. The number of rotatable bonds is 10. The minimum Gasteiger partial charge on any atom is -0.466 e. The lowest BCUT2D eigenvalue weighted by Gasteiger charge is -2.07. The first kappa shape index (κ1) is 14.4. The Morgan fingerprint density at radius 3 is 1.93 bits per heavy atom. The molecule has 14 heavy (non-hydrogen) atoms. The Kier molecular flexibility index (Phi) is 11.8. The van der Waals surface area contributed by atoms with Crippen molar-refractivity contribution in [2.75, 3.05) is 0 Å². The molecule has 0 aliphatic rings. The van der Waals surface area contributed by atoms with Crippen LogP contribution >= 0.6 is 0 Å². The first-order chi connectivity index (χ1) is 6.81. The molecule has 0 N–H and O–H groups in total. The standard InChI is InChI=1S/C11H28OSi2/c1-3-4-5-6-7-8-9-10-11-14(2)12-13/h14H,3-11H2,1-2,13H3. The number of hydrogen-bond acceptors (Lipinski definition) is 1. The Bertz CT molecular complexity index is 109. The highest BCUT2D eigenvalue weighted by atomic mass is 28.3. The van der Waals surface area contributed by atoms with Crippen molar-refractivity contribution in [1.82, 2.24) is 0 Å². The van der Waals surface area contributed by atoms with Crippen molar-refractivity contribution in [2.24, 2.45) is 0 Å². The first-order valence-electron chi connectivity index (χ1n) is 6.34. The summed E-state index contributed by atoms with van der Waals surface area (Å²) >= 11 is 0. The summed E-state index contributed by atoms with van der Waals surface area (Å²) in [6.07, 6.45) is 11.5. The van der Waals surface area contributed by atoms with Crippen LogP contribution in [0.1, 0.15) is 58.3 Å². The molecule has 0 bridgehead atoms. The van der Waals surface area contributed by atoms with Gasteiger partial charge < -0.3 is 4.12 Å². The molecule has 0 amide bonds. The second-order valence-corrected chi connectivity index (χ2v) is 8.39. The largest absolute Gasteiger partial charge is 0.466 e. The zero-order chi connectivity index (χ0) is 10.6. The van der Waals surface area contributed by atoms with E-state index in [0.29, 0.717) is 0 Å². The Balaban J connectivity index is 2.92. The quantitative estimate of drug-likeness (QED) is 0.416. The summed E-state index contributed by atoms with van der Waals surface area (Å²) in [6.45, 7) is 4.61. The Morgan fingerprint density at radius 2 is 1.43 bits per heavy atom. The fourth-order valence-electron chi connectivity index (χ4n) is 1.68. The lowest BCUT2D eigenvalue weighted by molar-refractivity contribution is 0.575. The molecule has 1 atom stereocenters. The van der Waals surface area contributed by atoms with Gasteiger partial charge in [0.05, 0.1) is 0 Å². The SMILES string of the molecule is CCCCCCCCCC[SiH](C)O[SiH3]. The van der Waals surface area contributed by atoms with Crippen LogP contribution in [0.25, 0.3) is 0 Å². The van der Waals surface area contributed by atoms with Gasteiger partial charge in [-0.15, -0.1) is 0 Å². The van der Waals surface area contributed by atoms with E-state index >= 15 is 0 Å². The molecule has 0 aromatic rings. The molecule has 0 aromatic carbocycles. The van der Waals surface area contributed by atoms with Gasteiger partial charge in [0.15, 0.2) is 9.04 Å². The zero-order valence-corrected chi connectivity index (χ0v) is 13.5. The molecule has 0 heterocycles. The Hall–Kier alpha value is 0.394. The van der Waals surface area contributed by atoms with Crippen molar-refractivity contribution in [2.45, 2.75) is 70.9 Å². The van der Waals surface area contributed by atoms with Crippen LogP contribution in [0.4, 0.5) is 0 Å². The summed E-state index contributed by atoms with van der Waals surface area (Å²) in [5.41, 5.74) is 0. The van der Waals surface area contributed by atoms with Crippen LogP contribution < -0.4 is 0 Å². The summed E-state index contributed by atoms with van der Waals surface area (Å²) in [6, 6.07) is 1.40. The van der Waals surface area contributed by atoms with E-state index in [2.05, 4.69) is 13.5 Å². The minimum absolute atomic E-state index is 0.690. The van der Waals surface area contributed by atoms with Crippen LogP contribution in [0.5, 0.6) is 0 Å². The third kappa shape index (κ3) is 10.5. The Morgan fingerprint density at radius 1 is 0.929 bits per heavy atom. The predicted octanol–water partition coefficient (Wildman–Crippen LogP) is 2.78. The van der Waals surface area contributed by atoms with Gasteiger partial charge in [-0.1, -0.05) is 58.3 Å². The summed E-state index contributed by atoms with van der Waals surface area (Å²) in [5.74, 6) is 0. The van der Waals surface area contributed by atoms with Crippen molar-refractivity contribution < 1.29 is 4.12 Å². The monoisotopic (exact) mass is 232 g/mol. The molecule has 0 aliphatic heterocycles. The first-order valence-corrected chi connectivity index (χ1v) is 9.60. The fourth-order valence-corrected chi connectivity index (χ4v) is 3.49. The van der Waals surface area contributed by atoms with Gasteiger partial charge in [0, 0.05) is 0 Å². The molecule has 0 aromatic heterocycles. The normalized spacial score (nSPS) is 13.3. The molecule has 86 valence electrons. The van der Waals surface area contributed by atoms with E-state index in [1.807, 2.05) is 0 Å². The van der Waals surface area contributed by atoms with Crippen LogP contribution in [-0.4, -0.2) is 19.5 Å². The van der Waals surface area contributed by atoms with Gasteiger partial charge in [0.25, 0.3) is 0 Å². The van der Waals surface area contributed by atoms with Crippen molar-refractivity contribution in [1.29, 1.82) is 0 Å². The van der Waals surface area contributed by atoms with Crippen molar-refractivity contribution in [3.05, 3.63) is 0 Å². The summed E-state index contributed by atoms with van der Waals surface area (Å²) in [7, 11) is 0.266. The van der Waals surface area contributed by atoms with Gasteiger partial charge >= 0.3 is 0 Å². The second kappa shape index (κ2) is 11.5. The molecule has 0 rings (SSSR count). The summed E-state index contributed by atoms with van der Waals surface area (Å²) < 4.78 is 5.49. The number of unbranched alkanes of at least 4 members (excludes halogenated alkanes) is 7. The van der Waals surface area contributed by atoms with E-state index < -0.39 is 9.04 Å². The Labute approximate surface area is 94.9 Å². The molecular weight excluding hydrogens is 204 g/mol. The smallest absolute Gasteiger partial charge is 0.159 e. The molecule has 0 spiro atoms. The highest BCUT2D eigenvalue weighted by molar-refractivity contribution is 6.54. The molecule has 1 nitrogen and oxygen atoms in total. The fraction of sp³-hybridized carbons (Fsp3) is 1.00. The van der Waals surface area contributed by atoms with Gasteiger partial charge in [-0.3, -0.25) is 0 Å². The molecule has 0 saturated carbocycles. The number of hydrogen-bond donors (Lipinski definition) is 0. The molecule has 0 saturated heterocycles. The molecule has 3 heteroatoms. The van der Waals surface area contributed by atoms with Crippen LogP contribution in [-0.2, 0) is 4.12 Å². The zero-order valence-electron chi connectivity index (χ0n) is 10.3.